The molecule has 0 saturated carbocycles. The standard InChI is InChI=1S/C17H12F3N3O4S/c18-17(19,20)16-9-15(12-3-7-14(8-4-12)23(24)25)22(21-16)13-5-1-11(2-6-13)10-28(26)27/h1-9H,10H2,(H,26,27)/p-1. The van der Waals surface area contributed by atoms with Crippen molar-refractivity contribution in [3.05, 3.63) is 76.0 Å². The summed E-state index contributed by atoms with van der Waals surface area (Å²) >= 11 is -2.29. The van der Waals surface area contributed by atoms with Crippen LogP contribution in [0.15, 0.2) is 54.6 Å². The van der Waals surface area contributed by atoms with E-state index >= 15 is 0 Å². The quantitative estimate of drug-likeness (QED) is 0.361. The van der Waals surface area contributed by atoms with E-state index in [9.17, 15) is 32.0 Å². The van der Waals surface area contributed by atoms with Crippen LogP contribution in [0.2, 0.25) is 0 Å². The molecule has 0 fully saturated rings. The first kappa shape index (κ1) is 19.7. The first-order chi connectivity index (χ1) is 13.1. The summed E-state index contributed by atoms with van der Waals surface area (Å²) in [4.78, 5) is 10.2. The molecule has 3 aromatic rings. The predicted octanol–water partition coefficient (Wildman–Crippen LogP) is 3.85. The molecule has 0 aliphatic rings. The molecule has 0 aliphatic heterocycles. The second-order valence-electron chi connectivity index (χ2n) is 5.74. The fourth-order valence-electron chi connectivity index (χ4n) is 2.55. The summed E-state index contributed by atoms with van der Waals surface area (Å²) in [6, 6.07) is 11.7. The van der Waals surface area contributed by atoms with E-state index in [2.05, 4.69) is 5.10 Å². The lowest BCUT2D eigenvalue weighted by molar-refractivity contribution is -0.384. The zero-order valence-electron chi connectivity index (χ0n) is 13.9. The van der Waals surface area contributed by atoms with Gasteiger partial charge in [0, 0.05) is 23.4 Å². The van der Waals surface area contributed by atoms with Gasteiger partial charge >= 0.3 is 6.18 Å². The van der Waals surface area contributed by atoms with Gasteiger partial charge in [0.1, 0.15) is 0 Å². The summed E-state index contributed by atoms with van der Waals surface area (Å²) in [7, 11) is 0. The molecule has 7 nitrogen and oxygen atoms in total. The van der Waals surface area contributed by atoms with Gasteiger partial charge in [-0.15, -0.1) is 0 Å². The number of halogens is 3. The van der Waals surface area contributed by atoms with E-state index < -0.39 is 27.9 Å². The molecule has 0 bridgehead atoms. The lowest BCUT2D eigenvalue weighted by Gasteiger charge is -2.10. The maximum Gasteiger partial charge on any atom is 0.435 e. The predicted molar refractivity (Wildman–Crippen MR) is 93.3 cm³/mol. The normalized spacial score (nSPS) is 12.7. The summed E-state index contributed by atoms with van der Waals surface area (Å²) in [5, 5.41) is 14.4. The number of nitro groups is 1. The highest BCUT2D eigenvalue weighted by molar-refractivity contribution is 7.78. The van der Waals surface area contributed by atoms with Gasteiger partial charge in [-0.3, -0.25) is 14.3 Å². The number of nitro benzene ring substituents is 1. The van der Waals surface area contributed by atoms with Crippen molar-refractivity contribution >= 4 is 16.8 Å². The Kier molecular flexibility index (Phi) is 5.29. The van der Waals surface area contributed by atoms with Crippen LogP contribution in [0.4, 0.5) is 18.9 Å². The van der Waals surface area contributed by atoms with Crippen molar-refractivity contribution in [2.75, 3.05) is 0 Å². The van der Waals surface area contributed by atoms with Gasteiger partial charge in [-0.05, 0) is 35.9 Å². The van der Waals surface area contributed by atoms with Gasteiger partial charge in [0.15, 0.2) is 5.69 Å². The average molecular weight is 410 g/mol. The highest BCUT2D eigenvalue weighted by atomic mass is 32.2. The number of hydrogen-bond acceptors (Lipinski definition) is 5. The van der Waals surface area contributed by atoms with Crippen molar-refractivity contribution in [3.8, 4) is 16.9 Å². The Labute approximate surface area is 158 Å². The third-order valence-electron chi connectivity index (χ3n) is 3.84. The van der Waals surface area contributed by atoms with Crippen LogP contribution >= 0.6 is 0 Å². The van der Waals surface area contributed by atoms with Gasteiger partial charge in [0.25, 0.3) is 5.69 Å². The summed E-state index contributed by atoms with van der Waals surface area (Å²) in [5.74, 6) is -0.220. The molecule has 3 rings (SSSR count). The fourth-order valence-corrected chi connectivity index (χ4v) is 3.01. The van der Waals surface area contributed by atoms with Crippen LogP contribution in [0.3, 0.4) is 0 Å². The van der Waals surface area contributed by atoms with Gasteiger partial charge < -0.3 is 4.55 Å². The molecule has 0 aliphatic carbocycles. The summed E-state index contributed by atoms with van der Waals surface area (Å²) in [5.41, 5.74) is -0.173. The topological polar surface area (TPSA) is 101 Å². The molecule has 0 amide bonds. The Morgan fingerprint density at radius 2 is 1.68 bits per heavy atom. The van der Waals surface area contributed by atoms with Crippen molar-refractivity contribution in [2.24, 2.45) is 0 Å². The van der Waals surface area contributed by atoms with Crippen molar-refractivity contribution in [1.29, 1.82) is 0 Å². The molecule has 1 unspecified atom stereocenters. The molecule has 146 valence electrons. The number of benzene rings is 2. The van der Waals surface area contributed by atoms with Crippen LogP contribution in [0.5, 0.6) is 0 Å². The lowest BCUT2D eigenvalue weighted by Crippen LogP contribution is -2.07. The highest BCUT2D eigenvalue weighted by Gasteiger charge is 2.35. The zero-order valence-corrected chi connectivity index (χ0v) is 14.7. The molecule has 1 heterocycles. The Morgan fingerprint density at radius 1 is 1.07 bits per heavy atom. The number of nitrogens with zero attached hydrogens (tertiary/aromatic N) is 3. The maximum atomic E-state index is 13.2. The van der Waals surface area contributed by atoms with Gasteiger partial charge in [0.05, 0.1) is 16.3 Å². The van der Waals surface area contributed by atoms with Crippen LogP contribution < -0.4 is 0 Å². The maximum absolute atomic E-state index is 13.2. The van der Waals surface area contributed by atoms with Crippen LogP contribution in [-0.2, 0) is 23.0 Å². The molecule has 0 radical (unpaired) electrons. The molecule has 2 aromatic carbocycles. The van der Waals surface area contributed by atoms with E-state index in [-0.39, 0.29) is 22.8 Å². The molecule has 0 saturated heterocycles. The molecule has 1 atom stereocenters. The van der Waals surface area contributed by atoms with Gasteiger partial charge in [-0.1, -0.05) is 23.2 Å². The third-order valence-corrected chi connectivity index (χ3v) is 4.41. The number of aromatic nitrogens is 2. The summed E-state index contributed by atoms with van der Waals surface area (Å²) in [6.45, 7) is 0. The van der Waals surface area contributed by atoms with E-state index in [4.69, 9.17) is 0 Å². The largest absolute Gasteiger partial charge is 0.772 e. The number of non-ortho nitro benzene ring substituents is 1. The Balaban J connectivity index is 2.08. The molecule has 28 heavy (non-hydrogen) atoms. The van der Waals surface area contributed by atoms with Crippen molar-refractivity contribution in [3.63, 3.8) is 0 Å². The van der Waals surface area contributed by atoms with Gasteiger partial charge in [0.2, 0.25) is 0 Å². The van der Waals surface area contributed by atoms with Gasteiger partial charge in [-0.2, -0.15) is 18.3 Å². The van der Waals surface area contributed by atoms with E-state index in [1.807, 2.05) is 0 Å². The molecule has 1 aromatic heterocycles. The minimum absolute atomic E-state index is 0.0855. The number of rotatable bonds is 5. The smallest absolute Gasteiger partial charge is 0.435 e. The van der Waals surface area contributed by atoms with Crippen LogP contribution in [0.25, 0.3) is 16.9 Å². The first-order valence-electron chi connectivity index (χ1n) is 7.72. The second-order valence-corrected chi connectivity index (χ2v) is 6.64. The minimum Gasteiger partial charge on any atom is -0.772 e. The third kappa shape index (κ3) is 4.26. The van der Waals surface area contributed by atoms with E-state index in [0.717, 1.165) is 10.7 Å². The van der Waals surface area contributed by atoms with Crippen LogP contribution in [0.1, 0.15) is 11.3 Å². The Morgan fingerprint density at radius 3 is 2.18 bits per heavy atom. The zero-order chi connectivity index (χ0) is 20.5. The minimum atomic E-state index is -4.68. The van der Waals surface area contributed by atoms with Crippen LogP contribution in [-0.4, -0.2) is 23.5 Å². The monoisotopic (exact) mass is 410 g/mol. The first-order valence-corrected chi connectivity index (χ1v) is 8.97. The summed E-state index contributed by atoms with van der Waals surface area (Å²) < 4.78 is 62.0. The van der Waals surface area contributed by atoms with Crippen molar-refractivity contribution < 1.29 is 26.9 Å². The van der Waals surface area contributed by atoms with Crippen LogP contribution in [0, 0.1) is 10.1 Å². The molecule has 0 N–H and O–H groups in total. The molecular formula is C17H11F3N3O4S-. The van der Waals surface area contributed by atoms with Crippen molar-refractivity contribution in [2.45, 2.75) is 11.9 Å². The van der Waals surface area contributed by atoms with Crippen molar-refractivity contribution in [1.82, 2.24) is 9.78 Å². The average Bonchev–Trinajstić information content (AvgIpc) is 3.07. The lowest BCUT2D eigenvalue weighted by atomic mass is 10.1. The van der Waals surface area contributed by atoms with E-state index in [1.165, 1.54) is 48.5 Å². The number of hydrogen-bond donors (Lipinski definition) is 0. The Hall–Kier alpha value is -3.05. The number of alkyl halides is 3. The summed E-state index contributed by atoms with van der Waals surface area (Å²) in [6.07, 6.45) is -4.68. The van der Waals surface area contributed by atoms with E-state index in [0.29, 0.717) is 11.1 Å². The Bertz CT molecular complexity index is 1030. The molecule has 0 spiro atoms. The van der Waals surface area contributed by atoms with E-state index in [1.54, 1.807) is 0 Å². The van der Waals surface area contributed by atoms with Gasteiger partial charge in [-0.25, -0.2) is 4.68 Å². The highest BCUT2D eigenvalue weighted by Crippen LogP contribution is 2.33. The SMILES string of the molecule is O=[N+]([O-])c1ccc(-c2cc(C(F)(F)F)nn2-c2ccc(CS(=O)[O-])cc2)cc1. The second kappa shape index (κ2) is 7.52. The molecule has 11 heteroatoms. The molecular weight excluding hydrogens is 399 g/mol. The fraction of sp³-hybridized carbons (Fsp3) is 0.118.